The number of amides is 1. The first-order chi connectivity index (χ1) is 9.10. The summed E-state index contributed by atoms with van der Waals surface area (Å²) < 4.78 is 5.32. The molecule has 6 heteroatoms. The summed E-state index contributed by atoms with van der Waals surface area (Å²) in [5.74, 6) is -1.51. The van der Waals surface area contributed by atoms with Gasteiger partial charge in [0.25, 0.3) is 0 Å². The van der Waals surface area contributed by atoms with Gasteiger partial charge in [-0.2, -0.15) is 0 Å². The van der Waals surface area contributed by atoms with Crippen molar-refractivity contribution in [3.63, 3.8) is 0 Å². The Balaban J connectivity index is 2.52. The normalized spacial score (nSPS) is 24.1. The number of carboxylic acid groups (broad SMARTS) is 1. The molecule has 110 valence electrons. The van der Waals surface area contributed by atoms with Crippen molar-refractivity contribution >= 4 is 11.9 Å². The lowest BCUT2D eigenvalue weighted by atomic mass is 10.0. The summed E-state index contributed by atoms with van der Waals surface area (Å²) in [6.07, 6.45) is 2.15. The van der Waals surface area contributed by atoms with Crippen molar-refractivity contribution in [2.75, 3.05) is 19.8 Å². The largest absolute Gasteiger partial charge is 0.480 e. The minimum atomic E-state index is -0.979. The molecule has 2 unspecified atom stereocenters. The second-order valence-electron chi connectivity index (χ2n) is 4.89. The highest BCUT2D eigenvalue weighted by Crippen LogP contribution is 2.14. The Labute approximate surface area is 113 Å². The van der Waals surface area contributed by atoms with E-state index in [-0.39, 0.29) is 17.9 Å². The number of aliphatic carboxylic acids is 1. The number of nitrogens with one attached hydrogen (secondary N) is 2. The van der Waals surface area contributed by atoms with Crippen molar-refractivity contribution in [3.8, 4) is 0 Å². The van der Waals surface area contributed by atoms with Crippen LogP contribution in [0.1, 0.15) is 33.1 Å². The van der Waals surface area contributed by atoms with E-state index in [1.165, 1.54) is 0 Å². The van der Waals surface area contributed by atoms with Crippen LogP contribution in [0.25, 0.3) is 0 Å². The van der Waals surface area contributed by atoms with E-state index in [0.717, 1.165) is 19.4 Å². The molecule has 1 heterocycles. The van der Waals surface area contributed by atoms with Gasteiger partial charge in [-0.25, -0.2) is 4.79 Å². The topological polar surface area (TPSA) is 87.7 Å². The van der Waals surface area contributed by atoms with Crippen LogP contribution in [0, 0.1) is 5.92 Å². The number of carbonyl (C=O) groups is 2. The SMILES string of the molecule is CCCNC1COCC1C(=O)N[C@@H](CCC)C(=O)O. The molecule has 1 rings (SSSR count). The molecule has 1 saturated heterocycles. The third-order valence-electron chi connectivity index (χ3n) is 3.27. The van der Waals surface area contributed by atoms with E-state index >= 15 is 0 Å². The van der Waals surface area contributed by atoms with Crippen molar-refractivity contribution in [1.29, 1.82) is 0 Å². The van der Waals surface area contributed by atoms with Gasteiger partial charge in [0.1, 0.15) is 6.04 Å². The van der Waals surface area contributed by atoms with Crippen LogP contribution in [0.2, 0.25) is 0 Å². The van der Waals surface area contributed by atoms with Crippen molar-refractivity contribution in [1.82, 2.24) is 10.6 Å². The Morgan fingerprint density at radius 2 is 2.05 bits per heavy atom. The number of hydrogen-bond donors (Lipinski definition) is 3. The average molecular weight is 272 g/mol. The molecular weight excluding hydrogens is 248 g/mol. The highest BCUT2D eigenvalue weighted by molar-refractivity contribution is 5.85. The standard InChI is InChI=1S/C13H24N2O4/c1-3-5-10(13(17)18)15-12(16)9-7-19-8-11(9)14-6-4-2/h9-11,14H,3-8H2,1-2H3,(H,15,16)(H,17,18)/t9?,10-,11?/m0/s1. The summed E-state index contributed by atoms with van der Waals surface area (Å²) in [7, 11) is 0. The van der Waals surface area contributed by atoms with Crippen molar-refractivity contribution in [2.24, 2.45) is 5.92 Å². The molecule has 3 N–H and O–H groups in total. The van der Waals surface area contributed by atoms with Gasteiger partial charge >= 0.3 is 5.97 Å². The zero-order valence-electron chi connectivity index (χ0n) is 11.6. The maximum absolute atomic E-state index is 12.1. The van der Waals surface area contributed by atoms with E-state index in [9.17, 15) is 9.59 Å². The molecule has 1 aliphatic heterocycles. The van der Waals surface area contributed by atoms with E-state index in [0.29, 0.717) is 19.6 Å². The molecule has 1 fully saturated rings. The number of ether oxygens (including phenoxy) is 1. The quantitative estimate of drug-likeness (QED) is 0.594. The minimum Gasteiger partial charge on any atom is -0.480 e. The molecule has 0 saturated carbocycles. The summed E-state index contributed by atoms with van der Waals surface area (Å²) in [5.41, 5.74) is 0. The molecule has 0 aliphatic carbocycles. The first kappa shape index (κ1) is 15.9. The van der Waals surface area contributed by atoms with Crippen LogP contribution < -0.4 is 10.6 Å². The highest BCUT2D eigenvalue weighted by Gasteiger charge is 2.35. The fourth-order valence-electron chi connectivity index (χ4n) is 2.17. The number of hydrogen-bond acceptors (Lipinski definition) is 4. The molecular formula is C13H24N2O4. The zero-order chi connectivity index (χ0) is 14.3. The van der Waals surface area contributed by atoms with E-state index in [4.69, 9.17) is 9.84 Å². The Morgan fingerprint density at radius 3 is 2.63 bits per heavy atom. The van der Waals surface area contributed by atoms with Crippen LogP contribution in [0.4, 0.5) is 0 Å². The van der Waals surface area contributed by atoms with Gasteiger partial charge in [0.15, 0.2) is 0 Å². The smallest absolute Gasteiger partial charge is 0.326 e. The van der Waals surface area contributed by atoms with Gasteiger partial charge in [0, 0.05) is 6.04 Å². The number of carbonyl (C=O) groups excluding carboxylic acids is 1. The van der Waals surface area contributed by atoms with Gasteiger partial charge in [-0.3, -0.25) is 4.79 Å². The molecule has 0 radical (unpaired) electrons. The number of rotatable bonds is 8. The van der Waals surface area contributed by atoms with Gasteiger partial charge < -0.3 is 20.5 Å². The minimum absolute atomic E-state index is 0.0176. The van der Waals surface area contributed by atoms with Crippen molar-refractivity contribution in [3.05, 3.63) is 0 Å². The molecule has 6 nitrogen and oxygen atoms in total. The fraction of sp³-hybridized carbons (Fsp3) is 0.846. The van der Waals surface area contributed by atoms with Gasteiger partial charge in [0.2, 0.25) is 5.91 Å². The van der Waals surface area contributed by atoms with Gasteiger partial charge in [-0.05, 0) is 19.4 Å². The van der Waals surface area contributed by atoms with Gasteiger partial charge in [0.05, 0.1) is 19.1 Å². The molecule has 1 aliphatic rings. The Kier molecular flexibility index (Phi) is 6.80. The van der Waals surface area contributed by atoms with Gasteiger partial charge in [-0.15, -0.1) is 0 Å². The molecule has 0 aromatic rings. The summed E-state index contributed by atoms with van der Waals surface area (Å²) in [4.78, 5) is 23.1. The van der Waals surface area contributed by atoms with E-state index in [2.05, 4.69) is 17.6 Å². The first-order valence-corrected chi connectivity index (χ1v) is 6.94. The van der Waals surface area contributed by atoms with Crippen LogP contribution in [0.5, 0.6) is 0 Å². The van der Waals surface area contributed by atoms with Crippen LogP contribution in [0.15, 0.2) is 0 Å². The second-order valence-corrected chi connectivity index (χ2v) is 4.89. The van der Waals surface area contributed by atoms with Crippen LogP contribution >= 0.6 is 0 Å². The van der Waals surface area contributed by atoms with Crippen LogP contribution in [-0.2, 0) is 14.3 Å². The lowest BCUT2D eigenvalue weighted by Crippen LogP contribution is -2.49. The maximum atomic E-state index is 12.1. The monoisotopic (exact) mass is 272 g/mol. The lowest BCUT2D eigenvalue weighted by Gasteiger charge is -2.21. The summed E-state index contributed by atoms with van der Waals surface area (Å²) in [6.45, 7) is 5.64. The summed E-state index contributed by atoms with van der Waals surface area (Å²) in [6, 6.07) is -0.819. The molecule has 0 aromatic carbocycles. The predicted molar refractivity (Wildman–Crippen MR) is 70.9 cm³/mol. The summed E-state index contributed by atoms with van der Waals surface area (Å²) in [5, 5.41) is 14.9. The number of carboxylic acids is 1. The lowest BCUT2D eigenvalue weighted by molar-refractivity contribution is -0.142. The third-order valence-corrected chi connectivity index (χ3v) is 3.27. The first-order valence-electron chi connectivity index (χ1n) is 6.94. The Bertz CT molecular complexity index is 309. The van der Waals surface area contributed by atoms with Crippen molar-refractivity contribution in [2.45, 2.75) is 45.2 Å². The van der Waals surface area contributed by atoms with E-state index in [1.807, 2.05) is 6.92 Å². The van der Waals surface area contributed by atoms with Crippen LogP contribution in [0.3, 0.4) is 0 Å². The molecule has 1 amide bonds. The Morgan fingerprint density at radius 1 is 1.32 bits per heavy atom. The molecule has 0 aromatic heterocycles. The average Bonchev–Trinajstić information content (AvgIpc) is 2.83. The zero-order valence-corrected chi connectivity index (χ0v) is 11.6. The highest BCUT2D eigenvalue weighted by atomic mass is 16.5. The Hall–Kier alpha value is -1.14. The molecule has 3 atom stereocenters. The molecule has 19 heavy (non-hydrogen) atoms. The maximum Gasteiger partial charge on any atom is 0.326 e. The molecule has 0 spiro atoms. The fourth-order valence-corrected chi connectivity index (χ4v) is 2.17. The molecule has 0 bridgehead atoms. The van der Waals surface area contributed by atoms with Crippen molar-refractivity contribution < 1.29 is 19.4 Å². The van der Waals surface area contributed by atoms with Gasteiger partial charge in [-0.1, -0.05) is 20.3 Å². The van der Waals surface area contributed by atoms with E-state index < -0.39 is 12.0 Å². The second kappa shape index (κ2) is 8.12. The van der Waals surface area contributed by atoms with E-state index in [1.54, 1.807) is 0 Å². The summed E-state index contributed by atoms with van der Waals surface area (Å²) >= 11 is 0. The van der Waals surface area contributed by atoms with Crippen LogP contribution in [-0.4, -0.2) is 48.8 Å². The third kappa shape index (κ3) is 4.80. The predicted octanol–water partition coefficient (Wildman–Crippen LogP) is 0.371.